The summed E-state index contributed by atoms with van der Waals surface area (Å²) in [7, 11) is 1.67. The lowest BCUT2D eigenvalue weighted by Crippen LogP contribution is -2.18. The highest BCUT2D eigenvalue weighted by atomic mass is 32.1. The molecule has 1 saturated carbocycles. The summed E-state index contributed by atoms with van der Waals surface area (Å²) in [6, 6.07) is 7.94. The van der Waals surface area contributed by atoms with Gasteiger partial charge in [-0.25, -0.2) is 4.98 Å². The van der Waals surface area contributed by atoms with Crippen LogP contribution in [0.25, 0.3) is 11.3 Å². The SMILES string of the molecule is COc1cccc(-c2csc(C3(N)CC3)n2)c1. The summed E-state index contributed by atoms with van der Waals surface area (Å²) < 4.78 is 5.21. The molecule has 1 aliphatic carbocycles. The Balaban J connectivity index is 1.95. The summed E-state index contributed by atoms with van der Waals surface area (Å²) in [5, 5.41) is 3.12. The van der Waals surface area contributed by atoms with Crippen molar-refractivity contribution in [3.8, 4) is 17.0 Å². The van der Waals surface area contributed by atoms with Crippen molar-refractivity contribution in [2.24, 2.45) is 5.73 Å². The van der Waals surface area contributed by atoms with Crippen molar-refractivity contribution in [3.05, 3.63) is 34.7 Å². The fraction of sp³-hybridized carbons (Fsp3) is 0.308. The van der Waals surface area contributed by atoms with Crippen molar-refractivity contribution >= 4 is 11.3 Å². The molecule has 0 amide bonds. The van der Waals surface area contributed by atoms with Crippen molar-refractivity contribution in [1.82, 2.24) is 4.98 Å². The van der Waals surface area contributed by atoms with Gasteiger partial charge >= 0.3 is 0 Å². The second kappa shape index (κ2) is 3.82. The molecule has 0 radical (unpaired) electrons. The molecule has 3 rings (SSSR count). The minimum Gasteiger partial charge on any atom is -0.497 e. The lowest BCUT2D eigenvalue weighted by Gasteiger charge is -2.03. The largest absolute Gasteiger partial charge is 0.497 e. The van der Waals surface area contributed by atoms with E-state index in [-0.39, 0.29) is 5.54 Å². The van der Waals surface area contributed by atoms with Crippen LogP contribution in [0.3, 0.4) is 0 Å². The molecule has 1 aromatic heterocycles. The zero-order valence-corrected chi connectivity index (χ0v) is 10.5. The van der Waals surface area contributed by atoms with Gasteiger partial charge in [-0.05, 0) is 25.0 Å². The number of aromatic nitrogens is 1. The average molecular weight is 246 g/mol. The Kier molecular flexibility index (Phi) is 2.42. The summed E-state index contributed by atoms with van der Waals surface area (Å²) in [5.41, 5.74) is 8.07. The lowest BCUT2D eigenvalue weighted by atomic mass is 10.1. The van der Waals surface area contributed by atoms with Gasteiger partial charge in [0.1, 0.15) is 10.8 Å². The third-order valence-corrected chi connectivity index (χ3v) is 4.15. The highest BCUT2D eigenvalue weighted by molar-refractivity contribution is 7.10. The van der Waals surface area contributed by atoms with Crippen molar-refractivity contribution < 1.29 is 4.74 Å². The van der Waals surface area contributed by atoms with Crippen LogP contribution in [0.15, 0.2) is 29.6 Å². The Morgan fingerprint density at radius 1 is 1.41 bits per heavy atom. The molecule has 0 saturated heterocycles. The number of rotatable bonds is 3. The minimum absolute atomic E-state index is 0.137. The molecule has 0 bridgehead atoms. The predicted molar refractivity (Wildman–Crippen MR) is 69.2 cm³/mol. The number of hydrogen-bond donors (Lipinski definition) is 1. The maximum Gasteiger partial charge on any atom is 0.119 e. The van der Waals surface area contributed by atoms with Crippen LogP contribution in [0.2, 0.25) is 0 Å². The highest BCUT2D eigenvalue weighted by Gasteiger charge is 2.42. The van der Waals surface area contributed by atoms with Gasteiger partial charge < -0.3 is 10.5 Å². The normalized spacial score (nSPS) is 16.8. The topological polar surface area (TPSA) is 48.1 Å². The standard InChI is InChI=1S/C13H14N2OS/c1-16-10-4-2-3-9(7-10)11-8-17-12(15-11)13(14)5-6-13/h2-4,7-8H,5-6,14H2,1H3. The number of methoxy groups -OCH3 is 1. The highest BCUT2D eigenvalue weighted by Crippen LogP contribution is 2.44. The molecule has 4 heteroatoms. The summed E-state index contributed by atoms with van der Waals surface area (Å²) in [6.45, 7) is 0. The Hall–Kier alpha value is -1.39. The first-order valence-electron chi connectivity index (χ1n) is 5.61. The van der Waals surface area contributed by atoms with E-state index in [1.807, 2.05) is 24.3 Å². The number of nitrogens with two attached hydrogens (primary N) is 1. The second-order valence-corrected chi connectivity index (χ2v) is 5.28. The van der Waals surface area contributed by atoms with Crippen LogP contribution in [0.5, 0.6) is 5.75 Å². The van der Waals surface area contributed by atoms with Gasteiger partial charge in [-0.2, -0.15) is 0 Å². The molecule has 0 unspecified atom stereocenters. The van der Waals surface area contributed by atoms with Gasteiger partial charge in [-0.15, -0.1) is 11.3 Å². The Labute approximate surface area is 104 Å². The van der Waals surface area contributed by atoms with E-state index in [9.17, 15) is 0 Å². The van der Waals surface area contributed by atoms with E-state index in [0.717, 1.165) is 34.9 Å². The van der Waals surface area contributed by atoms with Crippen LogP contribution in [0.4, 0.5) is 0 Å². The molecule has 17 heavy (non-hydrogen) atoms. The van der Waals surface area contributed by atoms with Crippen LogP contribution in [-0.2, 0) is 5.54 Å². The molecule has 2 N–H and O–H groups in total. The summed E-state index contributed by atoms with van der Waals surface area (Å²) >= 11 is 1.65. The Morgan fingerprint density at radius 2 is 2.24 bits per heavy atom. The first-order chi connectivity index (χ1) is 8.21. The van der Waals surface area contributed by atoms with Crippen molar-refractivity contribution in [1.29, 1.82) is 0 Å². The van der Waals surface area contributed by atoms with Crippen molar-refractivity contribution in [2.45, 2.75) is 18.4 Å². The zero-order chi connectivity index (χ0) is 11.9. The summed E-state index contributed by atoms with van der Waals surface area (Å²) in [4.78, 5) is 4.63. The van der Waals surface area contributed by atoms with E-state index < -0.39 is 0 Å². The Bertz CT molecular complexity index is 546. The number of benzene rings is 1. The van der Waals surface area contributed by atoms with Gasteiger partial charge in [0, 0.05) is 10.9 Å². The molecular formula is C13H14N2OS. The average Bonchev–Trinajstić information content (AvgIpc) is 2.94. The molecular weight excluding hydrogens is 232 g/mol. The van der Waals surface area contributed by atoms with Gasteiger partial charge in [0.05, 0.1) is 18.3 Å². The van der Waals surface area contributed by atoms with Gasteiger partial charge in [-0.1, -0.05) is 12.1 Å². The van der Waals surface area contributed by atoms with Crippen molar-refractivity contribution in [3.63, 3.8) is 0 Å². The number of thiazole rings is 1. The molecule has 3 nitrogen and oxygen atoms in total. The van der Waals surface area contributed by atoms with E-state index in [4.69, 9.17) is 10.5 Å². The van der Waals surface area contributed by atoms with Gasteiger partial charge in [0.25, 0.3) is 0 Å². The molecule has 1 aromatic carbocycles. The van der Waals surface area contributed by atoms with E-state index in [1.165, 1.54) is 0 Å². The maximum atomic E-state index is 6.14. The first kappa shape index (κ1) is 10.7. The van der Waals surface area contributed by atoms with Crippen LogP contribution in [-0.4, -0.2) is 12.1 Å². The lowest BCUT2D eigenvalue weighted by molar-refractivity contribution is 0.415. The molecule has 1 fully saturated rings. The van der Waals surface area contributed by atoms with E-state index in [2.05, 4.69) is 10.4 Å². The van der Waals surface area contributed by atoms with E-state index in [1.54, 1.807) is 18.4 Å². The zero-order valence-electron chi connectivity index (χ0n) is 9.64. The Morgan fingerprint density at radius 3 is 2.94 bits per heavy atom. The first-order valence-corrected chi connectivity index (χ1v) is 6.48. The number of hydrogen-bond acceptors (Lipinski definition) is 4. The quantitative estimate of drug-likeness (QED) is 0.906. The second-order valence-electron chi connectivity index (χ2n) is 4.43. The van der Waals surface area contributed by atoms with Crippen LogP contribution in [0.1, 0.15) is 17.8 Å². The number of nitrogens with zero attached hydrogens (tertiary/aromatic N) is 1. The molecule has 0 atom stereocenters. The fourth-order valence-corrected chi connectivity index (χ4v) is 2.77. The van der Waals surface area contributed by atoms with Gasteiger partial charge in [-0.3, -0.25) is 0 Å². The van der Waals surface area contributed by atoms with E-state index in [0.29, 0.717) is 0 Å². The van der Waals surface area contributed by atoms with Crippen LogP contribution in [0, 0.1) is 0 Å². The summed E-state index contributed by atoms with van der Waals surface area (Å²) in [6.07, 6.45) is 2.11. The smallest absolute Gasteiger partial charge is 0.119 e. The summed E-state index contributed by atoms with van der Waals surface area (Å²) in [5.74, 6) is 0.853. The van der Waals surface area contributed by atoms with Gasteiger partial charge in [0.2, 0.25) is 0 Å². The fourth-order valence-electron chi connectivity index (χ4n) is 1.77. The molecule has 1 heterocycles. The molecule has 1 aliphatic rings. The maximum absolute atomic E-state index is 6.14. The predicted octanol–water partition coefficient (Wildman–Crippen LogP) is 2.77. The van der Waals surface area contributed by atoms with Crippen LogP contribution < -0.4 is 10.5 Å². The number of ether oxygens (including phenoxy) is 1. The third-order valence-electron chi connectivity index (χ3n) is 3.08. The molecule has 88 valence electrons. The van der Waals surface area contributed by atoms with Crippen LogP contribution >= 0.6 is 11.3 Å². The monoisotopic (exact) mass is 246 g/mol. The third kappa shape index (κ3) is 1.94. The molecule has 2 aromatic rings. The minimum atomic E-state index is -0.137. The molecule has 0 aliphatic heterocycles. The van der Waals surface area contributed by atoms with Crippen molar-refractivity contribution in [2.75, 3.05) is 7.11 Å². The van der Waals surface area contributed by atoms with E-state index >= 15 is 0 Å². The van der Waals surface area contributed by atoms with Gasteiger partial charge in [0.15, 0.2) is 0 Å². The molecule has 0 spiro atoms.